The summed E-state index contributed by atoms with van der Waals surface area (Å²) in [6, 6.07) is 0. The standard InChI is InChI=1S/C11H20N4O/c1-5-9(16-6-2)11-13-8(4)7(3)10(14-11)15-12/h9H,5-6,12H2,1-4H3,(H,13,14,15). The van der Waals surface area contributed by atoms with Crippen LogP contribution >= 0.6 is 0 Å². The molecule has 1 rings (SSSR count). The quantitative estimate of drug-likeness (QED) is 0.590. The highest BCUT2D eigenvalue weighted by Gasteiger charge is 2.15. The summed E-state index contributed by atoms with van der Waals surface area (Å²) in [5.74, 6) is 6.78. The average Bonchev–Trinajstić information content (AvgIpc) is 2.29. The molecular formula is C11H20N4O. The van der Waals surface area contributed by atoms with Crippen molar-refractivity contribution in [1.82, 2.24) is 9.97 Å². The van der Waals surface area contributed by atoms with Crippen molar-refractivity contribution in [3.8, 4) is 0 Å². The number of hydrogen-bond donors (Lipinski definition) is 2. The second kappa shape index (κ2) is 5.77. The molecule has 1 heterocycles. The maximum atomic E-state index is 5.58. The van der Waals surface area contributed by atoms with Crippen molar-refractivity contribution >= 4 is 5.82 Å². The number of nitrogen functional groups attached to an aromatic ring is 1. The van der Waals surface area contributed by atoms with Crippen LogP contribution in [0, 0.1) is 13.8 Å². The third-order valence-corrected chi connectivity index (χ3v) is 2.57. The van der Waals surface area contributed by atoms with Crippen LogP contribution in [0.25, 0.3) is 0 Å². The average molecular weight is 224 g/mol. The largest absolute Gasteiger partial charge is 0.371 e. The lowest BCUT2D eigenvalue weighted by atomic mass is 10.2. The van der Waals surface area contributed by atoms with Crippen LogP contribution in [0.3, 0.4) is 0 Å². The molecule has 5 nitrogen and oxygen atoms in total. The van der Waals surface area contributed by atoms with E-state index in [2.05, 4.69) is 22.3 Å². The Morgan fingerprint density at radius 1 is 1.31 bits per heavy atom. The summed E-state index contributed by atoms with van der Waals surface area (Å²) in [5.41, 5.74) is 4.49. The van der Waals surface area contributed by atoms with Gasteiger partial charge in [0.05, 0.1) is 0 Å². The SMILES string of the molecule is CCOC(CC)c1nc(C)c(C)c(NN)n1. The number of aromatic nitrogens is 2. The minimum atomic E-state index is -0.0589. The van der Waals surface area contributed by atoms with Gasteiger partial charge in [0.2, 0.25) is 0 Å². The number of rotatable bonds is 5. The van der Waals surface area contributed by atoms with Gasteiger partial charge in [-0.25, -0.2) is 15.8 Å². The Bertz CT molecular complexity index is 354. The van der Waals surface area contributed by atoms with E-state index in [0.717, 1.165) is 17.7 Å². The number of nitrogens with two attached hydrogens (primary N) is 1. The van der Waals surface area contributed by atoms with Crippen molar-refractivity contribution in [3.63, 3.8) is 0 Å². The van der Waals surface area contributed by atoms with Crippen LogP contribution in [0.1, 0.15) is 43.5 Å². The molecule has 1 atom stereocenters. The molecule has 16 heavy (non-hydrogen) atoms. The first-order valence-electron chi connectivity index (χ1n) is 5.57. The Morgan fingerprint density at radius 3 is 2.50 bits per heavy atom. The number of ether oxygens (including phenoxy) is 1. The fourth-order valence-electron chi connectivity index (χ4n) is 1.51. The first-order chi connectivity index (χ1) is 7.63. The molecule has 5 heteroatoms. The van der Waals surface area contributed by atoms with Gasteiger partial charge in [0.15, 0.2) is 5.82 Å². The monoisotopic (exact) mass is 224 g/mol. The van der Waals surface area contributed by atoms with Gasteiger partial charge in [-0.05, 0) is 27.2 Å². The zero-order chi connectivity index (χ0) is 12.1. The fraction of sp³-hybridized carbons (Fsp3) is 0.636. The van der Waals surface area contributed by atoms with Crippen LogP contribution in [0.4, 0.5) is 5.82 Å². The van der Waals surface area contributed by atoms with E-state index in [1.54, 1.807) is 0 Å². The molecule has 0 aromatic carbocycles. The molecule has 0 aliphatic rings. The van der Waals surface area contributed by atoms with Gasteiger partial charge in [-0.15, -0.1) is 0 Å². The molecule has 0 saturated heterocycles. The van der Waals surface area contributed by atoms with E-state index in [9.17, 15) is 0 Å². The molecule has 0 amide bonds. The van der Waals surface area contributed by atoms with Crippen LogP contribution < -0.4 is 11.3 Å². The van der Waals surface area contributed by atoms with Gasteiger partial charge >= 0.3 is 0 Å². The summed E-state index contributed by atoms with van der Waals surface area (Å²) in [6.45, 7) is 8.55. The van der Waals surface area contributed by atoms with Gasteiger partial charge in [-0.2, -0.15) is 0 Å². The zero-order valence-electron chi connectivity index (χ0n) is 10.4. The maximum Gasteiger partial charge on any atom is 0.159 e. The van der Waals surface area contributed by atoms with Crippen molar-refractivity contribution in [2.45, 2.75) is 40.2 Å². The third kappa shape index (κ3) is 2.68. The summed E-state index contributed by atoms with van der Waals surface area (Å²) in [7, 11) is 0. The van der Waals surface area contributed by atoms with Crippen molar-refractivity contribution in [3.05, 3.63) is 17.1 Å². The van der Waals surface area contributed by atoms with Crippen molar-refractivity contribution < 1.29 is 4.74 Å². The van der Waals surface area contributed by atoms with Gasteiger partial charge in [0, 0.05) is 17.9 Å². The molecular weight excluding hydrogens is 204 g/mol. The van der Waals surface area contributed by atoms with E-state index in [0.29, 0.717) is 18.2 Å². The first-order valence-corrected chi connectivity index (χ1v) is 5.57. The lowest BCUT2D eigenvalue weighted by Crippen LogP contribution is -2.16. The normalized spacial score (nSPS) is 12.6. The number of hydrogen-bond acceptors (Lipinski definition) is 5. The van der Waals surface area contributed by atoms with E-state index < -0.39 is 0 Å². The maximum absolute atomic E-state index is 5.58. The predicted molar refractivity (Wildman–Crippen MR) is 64.0 cm³/mol. The van der Waals surface area contributed by atoms with Crippen LogP contribution in [-0.2, 0) is 4.74 Å². The second-order valence-electron chi connectivity index (χ2n) is 3.64. The summed E-state index contributed by atoms with van der Waals surface area (Å²) in [6.07, 6.45) is 0.789. The summed E-state index contributed by atoms with van der Waals surface area (Å²) < 4.78 is 5.58. The molecule has 1 unspecified atom stereocenters. The fourth-order valence-corrected chi connectivity index (χ4v) is 1.51. The predicted octanol–water partition coefficient (Wildman–Crippen LogP) is 1.87. The van der Waals surface area contributed by atoms with E-state index in [-0.39, 0.29) is 6.10 Å². The number of nitrogens with one attached hydrogen (secondary N) is 1. The van der Waals surface area contributed by atoms with E-state index in [4.69, 9.17) is 10.6 Å². The zero-order valence-corrected chi connectivity index (χ0v) is 10.4. The Balaban J connectivity index is 3.08. The Kier molecular flexibility index (Phi) is 4.64. The molecule has 1 aromatic rings. The van der Waals surface area contributed by atoms with Crippen LogP contribution in [0.5, 0.6) is 0 Å². The van der Waals surface area contributed by atoms with E-state index >= 15 is 0 Å². The molecule has 0 radical (unpaired) electrons. The molecule has 0 fully saturated rings. The van der Waals surface area contributed by atoms with Gasteiger partial charge in [-0.3, -0.25) is 0 Å². The molecule has 90 valence electrons. The highest BCUT2D eigenvalue weighted by molar-refractivity contribution is 5.44. The molecule has 0 bridgehead atoms. The number of hydrazine groups is 1. The Morgan fingerprint density at radius 2 is 2.00 bits per heavy atom. The minimum Gasteiger partial charge on any atom is -0.371 e. The molecule has 3 N–H and O–H groups in total. The topological polar surface area (TPSA) is 73.1 Å². The van der Waals surface area contributed by atoms with Crippen molar-refractivity contribution in [2.75, 3.05) is 12.0 Å². The minimum absolute atomic E-state index is 0.0589. The van der Waals surface area contributed by atoms with Crippen LogP contribution in [0.15, 0.2) is 0 Å². The lowest BCUT2D eigenvalue weighted by molar-refractivity contribution is 0.0534. The van der Waals surface area contributed by atoms with Gasteiger partial charge in [0.1, 0.15) is 11.9 Å². The van der Waals surface area contributed by atoms with Crippen molar-refractivity contribution in [2.24, 2.45) is 5.84 Å². The third-order valence-electron chi connectivity index (χ3n) is 2.57. The Labute approximate surface area is 96.4 Å². The van der Waals surface area contributed by atoms with Crippen molar-refractivity contribution in [1.29, 1.82) is 0 Å². The molecule has 0 aliphatic carbocycles. The summed E-state index contributed by atoms with van der Waals surface area (Å²) in [5, 5.41) is 0. The van der Waals surface area contributed by atoms with Gasteiger partial charge in [0.25, 0.3) is 0 Å². The number of aryl methyl sites for hydroxylation is 1. The highest BCUT2D eigenvalue weighted by atomic mass is 16.5. The van der Waals surface area contributed by atoms with Crippen LogP contribution in [-0.4, -0.2) is 16.6 Å². The first kappa shape index (κ1) is 12.9. The van der Waals surface area contributed by atoms with E-state index in [1.165, 1.54) is 0 Å². The highest BCUT2D eigenvalue weighted by Crippen LogP contribution is 2.21. The lowest BCUT2D eigenvalue weighted by Gasteiger charge is -2.16. The molecule has 0 saturated carbocycles. The summed E-state index contributed by atoms with van der Waals surface area (Å²) >= 11 is 0. The molecule has 1 aromatic heterocycles. The second-order valence-corrected chi connectivity index (χ2v) is 3.64. The molecule has 0 spiro atoms. The number of anilines is 1. The van der Waals surface area contributed by atoms with Crippen LogP contribution in [0.2, 0.25) is 0 Å². The number of nitrogens with zero attached hydrogens (tertiary/aromatic N) is 2. The smallest absolute Gasteiger partial charge is 0.159 e. The molecule has 0 aliphatic heterocycles. The van der Waals surface area contributed by atoms with Gasteiger partial charge < -0.3 is 10.2 Å². The Hall–Kier alpha value is -1.20. The van der Waals surface area contributed by atoms with Gasteiger partial charge in [-0.1, -0.05) is 6.92 Å². The summed E-state index contributed by atoms with van der Waals surface area (Å²) in [4.78, 5) is 8.81. The van der Waals surface area contributed by atoms with E-state index in [1.807, 2.05) is 20.8 Å².